The molecule has 3 aromatic rings. The highest BCUT2D eigenvalue weighted by Gasteiger charge is 2.20. The van der Waals surface area contributed by atoms with Crippen LogP contribution in [0.15, 0.2) is 62.6 Å². The maximum absolute atomic E-state index is 13.3. The minimum atomic E-state index is -0.726. The van der Waals surface area contributed by atoms with Crippen molar-refractivity contribution in [2.45, 2.75) is 0 Å². The summed E-state index contributed by atoms with van der Waals surface area (Å²) in [5, 5.41) is 6.25. The lowest BCUT2D eigenvalue weighted by Crippen LogP contribution is -2.34. The number of amides is 2. The van der Waals surface area contributed by atoms with Crippen LogP contribution in [0, 0.1) is 5.82 Å². The average molecular weight is 667 g/mol. The normalized spacial score (nSPS) is 10.6. The van der Waals surface area contributed by atoms with Crippen LogP contribution in [-0.4, -0.2) is 51.9 Å². The van der Waals surface area contributed by atoms with Gasteiger partial charge in [-0.3, -0.25) is 9.59 Å². The van der Waals surface area contributed by atoms with Crippen LogP contribution in [-0.2, 0) is 4.79 Å². The monoisotopic (exact) mass is 665 g/mol. The van der Waals surface area contributed by atoms with Gasteiger partial charge in [-0.1, -0.05) is 22.0 Å². The number of benzene rings is 3. The number of carbonyl (C=O) groups is 3. The fraction of sp³-hybridized carbons (Fsp3) is 0.154. The topological polar surface area (TPSA) is 125 Å². The van der Waals surface area contributed by atoms with Crippen molar-refractivity contribution >= 4 is 55.9 Å². The lowest BCUT2D eigenvalue weighted by Gasteiger charge is -2.15. The number of nitrogens with zero attached hydrogens (tertiary/aromatic N) is 1. The lowest BCUT2D eigenvalue weighted by atomic mass is 10.1. The molecule has 0 saturated carbocycles. The largest absolute Gasteiger partial charge is 0.493 e. The molecule has 2 N–H and O–H groups in total. The van der Waals surface area contributed by atoms with Crippen LogP contribution in [0.5, 0.6) is 23.0 Å². The second-order valence-corrected chi connectivity index (χ2v) is 9.37. The van der Waals surface area contributed by atoms with Gasteiger partial charge >= 0.3 is 5.97 Å². The van der Waals surface area contributed by atoms with E-state index in [1.807, 2.05) is 0 Å². The fourth-order valence-electron chi connectivity index (χ4n) is 3.24. The first kappa shape index (κ1) is 29.6. The van der Waals surface area contributed by atoms with Gasteiger partial charge in [0.1, 0.15) is 5.82 Å². The molecule has 2 amide bonds. The van der Waals surface area contributed by atoms with Gasteiger partial charge in [0.2, 0.25) is 5.75 Å². The van der Waals surface area contributed by atoms with Crippen LogP contribution < -0.4 is 29.7 Å². The summed E-state index contributed by atoms with van der Waals surface area (Å²) in [6, 6.07) is 11.2. The van der Waals surface area contributed by atoms with E-state index in [2.05, 4.69) is 47.7 Å². The Morgan fingerprint density at radius 2 is 1.62 bits per heavy atom. The maximum Gasteiger partial charge on any atom is 0.343 e. The van der Waals surface area contributed by atoms with Gasteiger partial charge in [-0.25, -0.2) is 14.6 Å². The number of halogens is 3. The molecule has 3 rings (SSSR count). The number of hydrazone groups is 1. The number of esters is 1. The quantitative estimate of drug-likeness (QED) is 0.142. The third-order valence-electron chi connectivity index (χ3n) is 5.02. The Labute approximate surface area is 239 Å². The van der Waals surface area contributed by atoms with Crippen LogP contribution in [0.4, 0.5) is 4.39 Å². The highest BCUT2D eigenvalue weighted by Crippen LogP contribution is 2.39. The summed E-state index contributed by atoms with van der Waals surface area (Å²) in [4.78, 5) is 37.2. The molecule has 0 aliphatic rings. The zero-order valence-corrected chi connectivity index (χ0v) is 24.0. The first-order chi connectivity index (χ1) is 18.7. The molecule has 0 aromatic heterocycles. The second kappa shape index (κ2) is 13.7. The van der Waals surface area contributed by atoms with E-state index in [4.69, 9.17) is 18.9 Å². The Bertz CT molecular complexity index is 1410. The molecule has 0 fully saturated rings. The zero-order chi connectivity index (χ0) is 28.5. The molecule has 0 saturated heterocycles. The first-order valence-electron chi connectivity index (χ1n) is 11.0. The minimum Gasteiger partial charge on any atom is -0.493 e. The summed E-state index contributed by atoms with van der Waals surface area (Å²) in [6.07, 6.45) is 1.26. The SMILES string of the molecule is COc1cc(C(=O)Oc2c(Br)cc(Br)cc2C=NNC(=O)CNC(=O)c2cccc(F)c2)cc(OC)c1OC. The van der Waals surface area contributed by atoms with Gasteiger partial charge in [0.15, 0.2) is 17.2 Å². The summed E-state index contributed by atoms with van der Waals surface area (Å²) < 4.78 is 35.8. The number of hydrogen-bond donors (Lipinski definition) is 2. The Morgan fingerprint density at radius 1 is 0.923 bits per heavy atom. The van der Waals surface area contributed by atoms with Gasteiger partial charge < -0.3 is 24.3 Å². The van der Waals surface area contributed by atoms with E-state index in [0.717, 1.165) is 6.07 Å². The molecule has 0 aliphatic carbocycles. The first-order valence-corrected chi connectivity index (χ1v) is 12.6. The molecule has 0 atom stereocenters. The predicted molar refractivity (Wildman–Crippen MR) is 147 cm³/mol. The molecule has 0 radical (unpaired) electrons. The van der Waals surface area contributed by atoms with E-state index in [1.54, 1.807) is 12.1 Å². The van der Waals surface area contributed by atoms with Crippen molar-refractivity contribution in [2.24, 2.45) is 5.10 Å². The van der Waals surface area contributed by atoms with Gasteiger partial charge in [-0.2, -0.15) is 5.10 Å². The van der Waals surface area contributed by atoms with Gasteiger partial charge in [0.25, 0.3) is 11.8 Å². The number of rotatable bonds is 10. The summed E-state index contributed by atoms with van der Waals surface area (Å²) in [5.74, 6) is -1.58. The number of hydrogen-bond acceptors (Lipinski definition) is 8. The Balaban J connectivity index is 1.73. The van der Waals surface area contributed by atoms with Gasteiger partial charge in [-0.05, 0) is 58.4 Å². The van der Waals surface area contributed by atoms with E-state index >= 15 is 0 Å². The van der Waals surface area contributed by atoms with Crippen LogP contribution >= 0.6 is 31.9 Å². The molecular formula is C26H22Br2FN3O7. The Hall–Kier alpha value is -3.97. The van der Waals surface area contributed by atoms with Crippen LogP contribution in [0.2, 0.25) is 0 Å². The summed E-state index contributed by atoms with van der Waals surface area (Å²) in [7, 11) is 4.29. The Kier molecular flexibility index (Phi) is 10.4. The molecule has 10 nitrogen and oxygen atoms in total. The molecule has 204 valence electrons. The number of ether oxygens (including phenoxy) is 4. The van der Waals surface area contributed by atoms with Gasteiger partial charge in [0, 0.05) is 15.6 Å². The van der Waals surface area contributed by atoms with Crippen molar-refractivity contribution in [3.63, 3.8) is 0 Å². The fourth-order valence-corrected chi connectivity index (χ4v) is 4.58. The van der Waals surface area contributed by atoms with Crippen molar-refractivity contribution in [3.05, 3.63) is 80.0 Å². The van der Waals surface area contributed by atoms with Crippen LogP contribution in [0.3, 0.4) is 0 Å². The molecular weight excluding hydrogens is 645 g/mol. The number of nitrogens with one attached hydrogen (secondary N) is 2. The summed E-state index contributed by atoms with van der Waals surface area (Å²) in [5.41, 5.74) is 2.80. The van der Waals surface area contributed by atoms with E-state index in [1.165, 1.54) is 57.9 Å². The smallest absolute Gasteiger partial charge is 0.343 e. The van der Waals surface area contributed by atoms with E-state index < -0.39 is 30.1 Å². The second-order valence-electron chi connectivity index (χ2n) is 7.60. The van der Waals surface area contributed by atoms with Crippen molar-refractivity contribution < 1.29 is 37.7 Å². The van der Waals surface area contributed by atoms with Crippen molar-refractivity contribution in [1.82, 2.24) is 10.7 Å². The van der Waals surface area contributed by atoms with Gasteiger partial charge in [-0.15, -0.1) is 0 Å². The standard InChI is InChI=1S/C26H22Br2FN3O7/c1-36-20-9-15(10-21(37-2)24(20)38-3)26(35)39-23-16(7-17(27)11-19(23)28)12-31-32-22(33)13-30-25(34)14-5-4-6-18(29)8-14/h4-12H,13H2,1-3H3,(H,30,34)(H,32,33). The van der Waals surface area contributed by atoms with Crippen LogP contribution in [0.1, 0.15) is 26.3 Å². The third-order valence-corrected chi connectivity index (χ3v) is 6.07. The van der Waals surface area contributed by atoms with Crippen molar-refractivity contribution in [2.75, 3.05) is 27.9 Å². The molecule has 13 heteroatoms. The summed E-state index contributed by atoms with van der Waals surface area (Å²) in [6.45, 7) is -0.405. The Morgan fingerprint density at radius 3 is 2.23 bits per heavy atom. The number of methoxy groups -OCH3 is 3. The highest BCUT2D eigenvalue weighted by atomic mass is 79.9. The van der Waals surface area contributed by atoms with E-state index in [9.17, 15) is 18.8 Å². The maximum atomic E-state index is 13.3. The molecule has 3 aromatic carbocycles. The molecule has 0 bridgehead atoms. The van der Waals surface area contributed by atoms with Crippen molar-refractivity contribution in [1.29, 1.82) is 0 Å². The minimum absolute atomic E-state index is 0.0730. The van der Waals surface area contributed by atoms with Crippen LogP contribution in [0.25, 0.3) is 0 Å². The molecule has 0 unspecified atom stereocenters. The number of carbonyl (C=O) groups excluding carboxylic acids is 3. The lowest BCUT2D eigenvalue weighted by molar-refractivity contribution is -0.120. The molecule has 0 aliphatic heterocycles. The molecule has 0 heterocycles. The molecule has 39 heavy (non-hydrogen) atoms. The highest BCUT2D eigenvalue weighted by molar-refractivity contribution is 9.11. The molecule has 0 spiro atoms. The van der Waals surface area contributed by atoms with E-state index in [0.29, 0.717) is 20.3 Å². The third kappa shape index (κ3) is 7.77. The average Bonchev–Trinajstić information content (AvgIpc) is 2.92. The predicted octanol–water partition coefficient (Wildman–Crippen LogP) is 4.48. The zero-order valence-electron chi connectivity index (χ0n) is 20.8. The van der Waals surface area contributed by atoms with Gasteiger partial charge in [0.05, 0.1) is 44.1 Å². The van der Waals surface area contributed by atoms with Crippen molar-refractivity contribution in [3.8, 4) is 23.0 Å². The van der Waals surface area contributed by atoms with E-state index in [-0.39, 0.29) is 28.4 Å². The summed E-state index contributed by atoms with van der Waals surface area (Å²) >= 11 is 6.73.